The van der Waals surface area contributed by atoms with Crippen LogP contribution < -0.4 is 10.2 Å². The molecule has 5 rings (SSSR count). The molecular formula is C25H25N3O3. The molecule has 0 bridgehead atoms. The van der Waals surface area contributed by atoms with Gasteiger partial charge in [-0.05, 0) is 35.6 Å². The van der Waals surface area contributed by atoms with Crippen LogP contribution in [0.4, 0.5) is 10.5 Å². The number of likely N-dealkylation sites (N-methyl/N-ethyl adjacent to an activating group) is 1. The fraction of sp³-hybridized carbons (Fsp3) is 0.320. The molecule has 2 aromatic carbocycles. The van der Waals surface area contributed by atoms with Crippen molar-refractivity contribution >= 4 is 23.4 Å². The number of nitrogens with one attached hydrogen (secondary N) is 1. The average Bonchev–Trinajstić information content (AvgIpc) is 3.30. The molecule has 1 aliphatic carbocycles. The monoisotopic (exact) mass is 415 g/mol. The molecule has 1 spiro atoms. The summed E-state index contributed by atoms with van der Waals surface area (Å²) in [7, 11) is 1.94. The van der Waals surface area contributed by atoms with Crippen LogP contribution in [0.15, 0.2) is 60.3 Å². The van der Waals surface area contributed by atoms with E-state index in [1.54, 1.807) is 6.08 Å². The minimum Gasteiger partial charge on any atom is -0.347 e. The number of amides is 3. The van der Waals surface area contributed by atoms with Gasteiger partial charge >= 0.3 is 6.03 Å². The van der Waals surface area contributed by atoms with Crippen LogP contribution in [-0.2, 0) is 27.0 Å². The highest BCUT2D eigenvalue weighted by molar-refractivity contribution is 6.11. The second-order valence-corrected chi connectivity index (χ2v) is 9.08. The van der Waals surface area contributed by atoms with Crippen LogP contribution >= 0.6 is 0 Å². The number of hydrogen-bond acceptors (Lipinski definition) is 4. The number of aryl methyl sites for hydroxylation is 1. The van der Waals surface area contributed by atoms with Gasteiger partial charge in [-0.2, -0.15) is 0 Å². The van der Waals surface area contributed by atoms with E-state index in [9.17, 15) is 14.4 Å². The molecule has 6 heteroatoms. The van der Waals surface area contributed by atoms with Crippen molar-refractivity contribution in [3.63, 3.8) is 0 Å². The third kappa shape index (κ3) is 2.67. The maximum atomic E-state index is 13.3. The zero-order valence-electron chi connectivity index (χ0n) is 17.9. The molecular weight excluding hydrogens is 390 g/mol. The van der Waals surface area contributed by atoms with Gasteiger partial charge in [0.1, 0.15) is 5.54 Å². The van der Waals surface area contributed by atoms with E-state index in [1.807, 2.05) is 54.4 Å². The molecule has 3 amide bonds. The summed E-state index contributed by atoms with van der Waals surface area (Å²) in [6, 6.07) is 15.2. The first kappa shape index (κ1) is 19.5. The highest BCUT2D eigenvalue weighted by atomic mass is 16.2. The number of carbonyl (C=O) groups is 3. The van der Waals surface area contributed by atoms with Crippen molar-refractivity contribution in [1.82, 2.24) is 10.2 Å². The summed E-state index contributed by atoms with van der Waals surface area (Å²) in [6.07, 6.45) is 2.83. The molecule has 158 valence electrons. The van der Waals surface area contributed by atoms with Crippen LogP contribution in [0.1, 0.15) is 37.0 Å². The van der Waals surface area contributed by atoms with Gasteiger partial charge in [0.15, 0.2) is 5.78 Å². The van der Waals surface area contributed by atoms with Crippen LogP contribution in [-0.4, -0.2) is 36.2 Å². The highest BCUT2D eigenvalue weighted by Gasteiger charge is 2.55. The Kier molecular flexibility index (Phi) is 4.13. The highest BCUT2D eigenvalue weighted by Crippen LogP contribution is 2.46. The average molecular weight is 415 g/mol. The second kappa shape index (κ2) is 6.54. The number of hydrogen-bond donors (Lipinski definition) is 1. The predicted octanol–water partition coefficient (Wildman–Crippen LogP) is 3.26. The largest absolute Gasteiger partial charge is 0.347 e. The molecule has 31 heavy (non-hydrogen) atoms. The van der Waals surface area contributed by atoms with Crippen molar-refractivity contribution in [2.24, 2.45) is 0 Å². The van der Waals surface area contributed by atoms with Gasteiger partial charge in [-0.25, -0.2) is 4.79 Å². The number of urea groups is 1. The summed E-state index contributed by atoms with van der Waals surface area (Å²) in [6.45, 7) is 3.89. The Morgan fingerprint density at radius 1 is 1.06 bits per heavy atom. The fourth-order valence-electron chi connectivity index (χ4n) is 5.35. The summed E-state index contributed by atoms with van der Waals surface area (Å²) in [5.74, 6) is -0.605. The first-order chi connectivity index (χ1) is 14.8. The van der Waals surface area contributed by atoms with E-state index in [0.717, 1.165) is 39.4 Å². The van der Waals surface area contributed by atoms with Gasteiger partial charge in [0, 0.05) is 29.9 Å². The molecule has 2 aliphatic heterocycles. The Labute approximate surface area is 181 Å². The number of carbonyl (C=O) groups excluding carboxylic acids is 3. The van der Waals surface area contributed by atoms with Crippen molar-refractivity contribution in [3.05, 3.63) is 77.0 Å². The van der Waals surface area contributed by atoms with Gasteiger partial charge in [0.25, 0.3) is 5.91 Å². The number of ketones is 1. The molecule has 1 atom stereocenters. The third-order valence-corrected chi connectivity index (χ3v) is 6.97. The van der Waals surface area contributed by atoms with E-state index in [1.165, 1.54) is 0 Å². The van der Waals surface area contributed by atoms with Crippen LogP contribution in [0, 0.1) is 0 Å². The summed E-state index contributed by atoms with van der Waals surface area (Å²) in [5.41, 5.74) is 3.58. The standard InChI is InChI=1S/C25H25N3O3/c1-24(2)19-10-6-7-11-20(19)27(3)21(24)14-17(29)15-28-22(30)25(26-23(28)31)13-12-16-8-4-5-9-18(16)25/h4-11,14H,12-13,15H2,1-3H3,(H,26,31)/t25-/m1/s1. The van der Waals surface area contributed by atoms with Crippen molar-refractivity contribution in [2.75, 3.05) is 18.5 Å². The number of imide groups is 1. The Bertz CT molecular complexity index is 1170. The lowest BCUT2D eigenvalue weighted by Crippen LogP contribution is -2.42. The fourth-order valence-corrected chi connectivity index (χ4v) is 5.35. The van der Waals surface area contributed by atoms with Crippen LogP contribution in [0.5, 0.6) is 0 Å². The number of nitrogens with zero attached hydrogens (tertiary/aromatic N) is 2. The summed E-state index contributed by atoms with van der Waals surface area (Å²) in [4.78, 5) is 42.1. The van der Waals surface area contributed by atoms with Gasteiger partial charge in [-0.15, -0.1) is 0 Å². The SMILES string of the molecule is CN1C(=CC(=O)CN2C(=O)N[C@@]3(CCc4ccccc43)C2=O)C(C)(C)c2ccccc21. The van der Waals surface area contributed by atoms with Crippen LogP contribution in [0.25, 0.3) is 0 Å². The number of benzene rings is 2. The van der Waals surface area contributed by atoms with E-state index in [4.69, 9.17) is 0 Å². The molecule has 0 saturated carbocycles. The number of para-hydroxylation sites is 1. The molecule has 1 saturated heterocycles. The maximum Gasteiger partial charge on any atom is 0.325 e. The molecule has 0 unspecified atom stereocenters. The maximum absolute atomic E-state index is 13.3. The van der Waals surface area contributed by atoms with Gasteiger partial charge in [0.2, 0.25) is 0 Å². The van der Waals surface area contributed by atoms with Gasteiger partial charge in [-0.3, -0.25) is 14.5 Å². The molecule has 6 nitrogen and oxygen atoms in total. The lowest BCUT2D eigenvalue weighted by molar-refractivity contribution is -0.133. The van der Waals surface area contributed by atoms with Crippen LogP contribution in [0.2, 0.25) is 0 Å². The minimum atomic E-state index is -1.04. The molecule has 1 N–H and O–H groups in total. The lowest BCUT2D eigenvalue weighted by atomic mass is 9.83. The normalized spacial score (nSPS) is 24.7. The predicted molar refractivity (Wildman–Crippen MR) is 118 cm³/mol. The topological polar surface area (TPSA) is 69.7 Å². The number of anilines is 1. The van der Waals surface area contributed by atoms with Crippen molar-refractivity contribution in [1.29, 1.82) is 0 Å². The molecule has 0 aromatic heterocycles. The Morgan fingerprint density at radius 3 is 2.48 bits per heavy atom. The summed E-state index contributed by atoms with van der Waals surface area (Å²) in [5, 5.41) is 2.88. The van der Waals surface area contributed by atoms with Gasteiger partial charge < -0.3 is 10.2 Å². The first-order valence-electron chi connectivity index (χ1n) is 10.6. The van der Waals surface area contributed by atoms with E-state index in [-0.39, 0.29) is 23.7 Å². The van der Waals surface area contributed by atoms with Crippen molar-refractivity contribution in [3.8, 4) is 0 Å². The molecule has 2 aromatic rings. The molecule has 0 radical (unpaired) electrons. The van der Waals surface area contributed by atoms with E-state index < -0.39 is 11.6 Å². The zero-order valence-corrected chi connectivity index (χ0v) is 17.9. The smallest absolute Gasteiger partial charge is 0.325 e. The van der Waals surface area contributed by atoms with Crippen molar-refractivity contribution < 1.29 is 14.4 Å². The molecule has 2 heterocycles. The zero-order chi connectivity index (χ0) is 22.0. The van der Waals surface area contributed by atoms with E-state index in [2.05, 4.69) is 25.2 Å². The van der Waals surface area contributed by atoms with Gasteiger partial charge in [0.05, 0.1) is 6.54 Å². The quantitative estimate of drug-likeness (QED) is 0.617. The summed E-state index contributed by atoms with van der Waals surface area (Å²) < 4.78 is 0. The Hall–Kier alpha value is -3.41. The molecule has 3 aliphatic rings. The summed E-state index contributed by atoms with van der Waals surface area (Å²) >= 11 is 0. The third-order valence-electron chi connectivity index (χ3n) is 6.97. The van der Waals surface area contributed by atoms with Gasteiger partial charge in [-0.1, -0.05) is 56.3 Å². The minimum absolute atomic E-state index is 0.266. The lowest BCUT2D eigenvalue weighted by Gasteiger charge is -2.24. The molecule has 1 fully saturated rings. The van der Waals surface area contributed by atoms with E-state index in [0.29, 0.717) is 6.42 Å². The second-order valence-electron chi connectivity index (χ2n) is 9.08. The van der Waals surface area contributed by atoms with Crippen molar-refractivity contribution in [2.45, 2.75) is 37.6 Å². The number of rotatable bonds is 3. The number of allylic oxidation sites excluding steroid dienone is 1. The number of fused-ring (bicyclic) bond motifs is 3. The Morgan fingerprint density at radius 2 is 1.74 bits per heavy atom. The van der Waals surface area contributed by atoms with Crippen LogP contribution in [0.3, 0.4) is 0 Å². The van der Waals surface area contributed by atoms with E-state index >= 15 is 0 Å². The first-order valence-corrected chi connectivity index (χ1v) is 10.6. The Balaban J connectivity index is 1.41.